The van der Waals surface area contributed by atoms with Crippen molar-refractivity contribution < 1.29 is 29.3 Å². The Morgan fingerprint density at radius 3 is 2.59 bits per heavy atom. The number of ether oxygens (including phenoxy) is 2. The fourth-order valence-corrected chi connectivity index (χ4v) is 9.59. The smallest absolute Gasteiger partial charge is 0.193 e. The maximum atomic E-state index is 13.8. The number of aliphatic hydroxyl groups is 2. The lowest BCUT2D eigenvalue weighted by molar-refractivity contribution is -0.225. The molecular weight excluding hydrogens is 522 g/mol. The molecule has 9 atom stereocenters. The average molecular weight is 560 g/mol. The van der Waals surface area contributed by atoms with Crippen LogP contribution in [0.1, 0.15) is 64.0 Å². The van der Waals surface area contributed by atoms with E-state index in [2.05, 4.69) is 36.2 Å². The van der Waals surface area contributed by atoms with E-state index in [1.165, 1.54) is 0 Å². The van der Waals surface area contributed by atoms with E-state index in [0.29, 0.717) is 12.8 Å². The van der Waals surface area contributed by atoms with Gasteiger partial charge in [0, 0.05) is 27.9 Å². The molecule has 0 radical (unpaired) electrons. The first-order valence-electron chi connectivity index (χ1n) is 14.6. The molecule has 3 N–H and O–H groups in total. The molecule has 1 aromatic heterocycles. The minimum Gasteiger partial charge on any atom is -0.393 e. The Labute approximate surface area is 239 Å². The van der Waals surface area contributed by atoms with Gasteiger partial charge in [0.25, 0.3) is 0 Å². The zero-order valence-corrected chi connectivity index (χ0v) is 23.9. The number of nitrogens with zero attached hydrogens (tertiary/aromatic N) is 2. The number of aryl methyl sites for hydroxylation is 1. The van der Waals surface area contributed by atoms with Crippen molar-refractivity contribution in [3.63, 3.8) is 0 Å². The van der Waals surface area contributed by atoms with Crippen LogP contribution in [0.5, 0.6) is 0 Å². The van der Waals surface area contributed by atoms with Gasteiger partial charge in [-0.25, -0.2) is 0 Å². The summed E-state index contributed by atoms with van der Waals surface area (Å²) in [5.41, 5.74) is 1.28. The van der Waals surface area contributed by atoms with Crippen LogP contribution in [0, 0.1) is 35.0 Å². The van der Waals surface area contributed by atoms with Crippen LogP contribution in [-0.2, 0) is 19.1 Å². The van der Waals surface area contributed by atoms with Gasteiger partial charge in [-0.15, -0.1) is 0 Å². The molecule has 1 saturated heterocycles. The first-order chi connectivity index (χ1) is 19.5. The van der Waals surface area contributed by atoms with Crippen LogP contribution in [0.3, 0.4) is 0 Å². The number of aromatic nitrogens is 3. The molecule has 5 aliphatic rings. The number of carbonyl (C=O) groups is 2. The molecule has 4 aliphatic carbocycles. The predicted molar refractivity (Wildman–Crippen MR) is 148 cm³/mol. The number of hydrogen-bond acceptors (Lipinski definition) is 8. The number of carbonyl (C=O) groups excluding carboxylic acids is 2. The number of rotatable bonds is 4. The molecule has 2 aromatic rings. The number of allylic oxidation sites excluding steroid dienone is 4. The van der Waals surface area contributed by atoms with Gasteiger partial charge in [-0.3, -0.25) is 9.59 Å². The average Bonchev–Trinajstić information content (AvgIpc) is 3.60. The Morgan fingerprint density at radius 1 is 1.15 bits per heavy atom. The Kier molecular flexibility index (Phi) is 5.75. The molecule has 2 heterocycles. The van der Waals surface area contributed by atoms with Crippen molar-refractivity contribution in [3.8, 4) is 11.3 Å². The van der Waals surface area contributed by atoms with Crippen LogP contribution in [0.15, 0.2) is 48.1 Å². The molecule has 9 heteroatoms. The summed E-state index contributed by atoms with van der Waals surface area (Å²) in [5, 5.41) is 33.1. The molecule has 216 valence electrons. The molecule has 3 saturated carbocycles. The molecule has 0 unspecified atom stereocenters. The van der Waals surface area contributed by atoms with E-state index in [4.69, 9.17) is 9.47 Å². The molecule has 4 fully saturated rings. The highest BCUT2D eigenvalue weighted by molar-refractivity contribution is 6.01. The lowest BCUT2D eigenvalue weighted by Gasteiger charge is -2.64. The van der Waals surface area contributed by atoms with Crippen molar-refractivity contribution in [2.75, 3.05) is 6.61 Å². The van der Waals surface area contributed by atoms with E-state index >= 15 is 0 Å². The minimum absolute atomic E-state index is 0.00259. The number of benzene rings is 1. The van der Waals surface area contributed by atoms with Gasteiger partial charge >= 0.3 is 0 Å². The second kappa shape index (κ2) is 8.77. The number of H-pyrrole nitrogens is 1. The number of fused-ring (bicyclic) bond motifs is 7. The summed E-state index contributed by atoms with van der Waals surface area (Å²) in [5.74, 6) is -0.436. The topological polar surface area (TPSA) is 135 Å². The van der Waals surface area contributed by atoms with Gasteiger partial charge in [-0.05, 0) is 56.1 Å². The second-order valence-electron chi connectivity index (χ2n) is 13.4. The molecule has 0 bridgehead atoms. The highest BCUT2D eigenvalue weighted by Gasteiger charge is 2.80. The van der Waals surface area contributed by atoms with Crippen LogP contribution in [0.25, 0.3) is 11.3 Å². The number of Topliss-reactive ketones (excluding diaryl/α,β-unsaturated/α-hetero) is 1. The Morgan fingerprint density at radius 2 is 1.90 bits per heavy atom. The Hall–Kier alpha value is -2.98. The monoisotopic (exact) mass is 559 g/mol. The van der Waals surface area contributed by atoms with Gasteiger partial charge in [-0.2, -0.15) is 15.4 Å². The SMILES string of the molecule is Cc1n[nH]nc1-c1ccc([C@@H]2O[C@@H]3C[C@@]4(C)[C@@H]5CCC6=CC(=O)C=C[C@]6(C)[C@H]5[C@@H](O)C[C@]4(C)[C@]3(C(=O)CO)O2)cc1. The highest BCUT2D eigenvalue weighted by Crippen LogP contribution is 2.75. The third-order valence-corrected chi connectivity index (χ3v) is 11.8. The Bertz CT molecular complexity index is 1500. The van der Waals surface area contributed by atoms with E-state index in [1.54, 1.807) is 12.2 Å². The van der Waals surface area contributed by atoms with E-state index in [-0.39, 0.29) is 17.6 Å². The first kappa shape index (κ1) is 26.9. The molecule has 41 heavy (non-hydrogen) atoms. The van der Waals surface area contributed by atoms with E-state index < -0.39 is 52.7 Å². The van der Waals surface area contributed by atoms with Crippen molar-refractivity contribution in [2.45, 2.75) is 77.5 Å². The lowest BCUT2D eigenvalue weighted by atomic mass is 9.41. The molecule has 1 aliphatic heterocycles. The highest BCUT2D eigenvalue weighted by atomic mass is 16.7. The third-order valence-electron chi connectivity index (χ3n) is 11.8. The summed E-state index contributed by atoms with van der Waals surface area (Å²) in [7, 11) is 0. The van der Waals surface area contributed by atoms with Crippen molar-refractivity contribution in [2.24, 2.45) is 28.1 Å². The minimum atomic E-state index is -1.40. The van der Waals surface area contributed by atoms with Crippen molar-refractivity contribution in [1.29, 1.82) is 0 Å². The summed E-state index contributed by atoms with van der Waals surface area (Å²) in [6.07, 6.45) is 5.74. The molecule has 1 aromatic carbocycles. The van der Waals surface area contributed by atoms with Crippen molar-refractivity contribution >= 4 is 11.6 Å². The maximum Gasteiger partial charge on any atom is 0.193 e. The van der Waals surface area contributed by atoms with Gasteiger partial charge in [-0.1, -0.05) is 56.7 Å². The van der Waals surface area contributed by atoms with Crippen LogP contribution in [0.2, 0.25) is 0 Å². The zero-order valence-electron chi connectivity index (χ0n) is 23.9. The van der Waals surface area contributed by atoms with E-state index in [9.17, 15) is 19.8 Å². The predicted octanol–water partition coefficient (Wildman–Crippen LogP) is 3.77. The molecule has 9 nitrogen and oxygen atoms in total. The van der Waals surface area contributed by atoms with E-state index in [1.807, 2.05) is 37.3 Å². The fraction of sp³-hybridized carbons (Fsp3) is 0.562. The van der Waals surface area contributed by atoms with Crippen molar-refractivity contribution in [1.82, 2.24) is 15.4 Å². The quantitative estimate of drug-likeness (QED) is 0.515. The summed E-state index contributed by atoms with van der Waals surface area (Å²) in [6.45, 7) is 7.62. The summed E-state index contributed by atoms with van der Waals surface area (Å²) < 4.78 is 13.3. The van der Waals surface area contributed by atoms with Gasteiger partial charge in [0.1, 0.15) is 12.3 Å². The molecule has 0 spiro atoms. The fourth-order valence-electron chi connectivity index (χ4n) is 9.59. The number of aliphatic hydroxyl groups excluding tert-OH is 2. The molecule has 7 rings (SSSR count). The summed E-state index contributed by atoms with van der Waals surface area (Å²) in [4.78, 5) is 26.0. The maximum absolute atomic E-state index is 13.8. The van der Waals surface area contributed by atoms with Crippen LogP contribution in [-0.4, -0.2) is 61.6 Å². The van der Waals surface area contributed by atoms with Crippen LogP contribution in [0.4, 0.5) is 0 Å². The van der Waals surface area contributed by atoms with Crippen molar-refractivity contribution in [3.05, 3.63) is 59.3 Å². The zero-order chi connectivity index (χ0) is 28.9. The Balaban J connectivity index is 1.25. The first-order valence-corrected chi connectivity index (χ1v) is 14.6. The number of aromatic amines is 1. The van der Waals surface area contributed by atoms with E-state index in [0.717, 1.165) is 40.9 Å². The number of ketones is 2. The third kappa shape index (κ3) is 3.32. The van der Waals surface area contributed by atoms with Gasteiger partial charge in [0.05, 0.1) is 17.9 Å². The van der Waals surface area contributed by atoms with Gasteiger partial charge in [0.2, 0.25) is 0 Å². The molecule has 0 amide bonds. The largest absolute Gasteiger partial charge is 0.393 e. The van der Waals surface area contributed by atoms with Gasteiger partial charge < -0.3 is 19.7 Å². The number of hydrogen-bond donors (Lipinski definition) is 3. The summed E-state index contributed by atoms with van der Waals surface area (Å²) in [6, 6.07) is 7.68. The van der Waals surface area contributed by atoms with Crippen LogP contribution < -0.4 is 0 Å². The normalized spacial score (nSPS) is 42.7. The van der Waals surface area contributed by atoms with Gasteiger partial charge in [0.15, 0.2) is 23.5 Å². The molecular formula is C32H37N3O6. The standard InChI is InChI=1S/C32H37N3O6/c1-17-27(34-35-33-17)18-5-7-19(8-6-18)28-40-25-15-30(3)22-10-9-20-13-21(37)11-12-29(20,2)26(22)23(38)14-31(30,4)32(25,41-28)24(39)16-36/h5-8,11-13,22-23,25-26,28,36,38H,9-10,14-16H2,1-4H3,(H,33,34,35)/t22-,23+,25-,26-,28-,29+,30+,31+,32-/m1/s1. The lowest BCUT2D eigenvalue weighted by Crippen LogP contribution is -2.66. The number of nitrogens with one attached hydrogen (secondary N) is 1. The van der Waals surface area contributed by atoms with Crippen LogP contribution >= 0.6 is 0 Å². The summed E-state index contributed by atoms with van der Waals surface area (Å²) >= 11 is 0. The second-order valence-corrected chi connectivity index (χ2v) is 13.4.